The molecule has 0 radical (unpaired) electrons. The van der Waals surface area contributed by atoms with Gasteiger partial charge in [-0.1, -0.05) is 0 Å². The number of hydrogen-bond acceptors (Lipinski definition) is 3. The van der Waals surface area contributed by atoms with Crippen LogP contribution >= 0.6 is 0 Å². The Bertz CT molecular complexity index is 192. The first kappa shape index (κ1) is 9.48. The van der Waals surface area contributed by atoms with Gasteiger partial charge < -0.3 is 5.73 Å². The number of nitrogens with two attached hydrogens (primary N) is 1. The highest BCUT2D eigenvalue weighted by atomic mass is 16.7. The number of carbonyl (C=O) groups excluding carboxylic acids is 1. The summed E-state index contributed by atoms with van der Waals surface area (Å²) in [6.45, 7) is 5.59. The van der Waals surface area contributed by atoms with Crippen molar-refractivity contribution < 1.29 is 9.63 Å². The first-order valence-corrected chi connectivity index (χ1v) is 4.11. The van der Waals surface area contributed by atoms with E-state index in [9.17, 15) is 4.79 Å². The Balaban J connectivity index is 2.29. The van der Waals surface area contributed by atoms with Gasteiger partial charge in [-0.15, -0.1) is 0 Å². The summed E-state index contributed by atoms with van der Waals surface area (Å²) < 4.78 is 0. The molecule has 0 aromatic rings. The molecule has 0 spiro atoms. The van der Waals surface area contributed by atoms with Gasteiger partial charge in [0.05, 0.1) is 11.1 Å². The van der Waals surface area contributed by atoms with Gasteiger partial charge in [-0.3, -0.25) is 9.63 Å². The lowest BCUT2D eigenvalue weighted by molar-refractivity contribution is -0.147. The van der Waals surface area contributed by atoms with Crippen LogP contribution in [0.25, 0.3) is 0 Å². The van der Waals surface area contributed by atoms with Gasteiger partial charge >= 0.3 is 0 Å². The van der Waals surface area contributed by atoms with Crippen LogP contribution in [0.15, 0.2) is 0 Å². The highest BCUT2D eigenvalue weighted by Gasteiger charge is 2.46. The number of rotatable bonds is 2. The Labute approximate surface area is 72.4 Å². The van der Waals surface area contributed by atoms with Gasteiger partial charge in [0.1, 0.15) is 0 Å². The topological polar surface area (TPSA) is 64.3 Å². The Hall–Kier alpha value is -0.610. The van der Waals surface area contributed by atoms with E-state index in [2.05, 4.69) is 5.48 Å². The summed E-state index contributed by atoms with van der Waals surface area (Å²) in [6, 6.07) is 0. The van der Waals surface area contributed by atoms with Crippen LogP contribution in [-0.2, 0) is 9.63 Å². The third kappa shape index (κ3) is 2.46. The second-order valence-corrected chi connectivity index (χ2v) is 4.30. The van der Waals surface area contributed by atoms with Gasteiger partial charge in [0.15, 0.2) is 0 Å². The summed E-state index contributed by atoms with van der Waals surface area (Å²) in [6.07, 6.45) is 1.51. The minimum atomic E-state index is -0.648. The fraction of sp³-hybridized carbons (Fsp3) is 0.875. The van der Waals surface area contributed by atoms with Gasteiger partial charge in [-0.2, -0.15) is 0 Å². The monoisotopic (exact) mass is 172 g/mol. The Morgan fingerprint density at radius 2 is 2.00 bits per heavy atom. The average Bonchev–Trinajstić information content (AvgIpc) is 2.62. The molecule has 0 atom stereocenters. The summed E-state index contributed by atoms with van der Waals surface area (Å²) in [5.74, 6) is -0.211. The first-order chi connectivity index (χ1) is 5.33. The number of nitrogens with one attached hydrogen (secondary N) is 1. The van der Waals surface area contributed by atoms with Crippen molar-refractivity contribution in [1.82, 2.24) is 5.48 Å². The Kier molecular flexibility index (Phi) is 2.14. The summed E-state index contributed by atoms with van der Waals surface area (Å²) >= 11 is 0. The fourth-order valence-corrected chi connectivity index (χ4v) is 0.663. The van der Waals surface area contributed by atoms with E-state index in [1.165, 1.54) is 0 Å². The molecule has 0 heterocycles. The van der Waals surface area contributed by atoms with Crippen molar-refractivity contribution in [2.24, 2.45) is 5.73 Å². The molecule has 1 aliphatic carbocycles. The Morgan fingerprint density at radius 3 is 2.33 bits per heavy atom. The number of hydroxylamine groups is 1. The molecule has 3 N–H and O–H groups in total. The van der Waals surface area contributed by atoms with E-state index in [0.29, 0.717) is 0 Å². The molecule has 4 heteroatoms. The lowest BCUT2D eigenvalue weighted by Gasteiger charge is -2.20. The molecule has 1 aliphatic rings. The predicted molar refractivity (Wildman–Crippen MR) is 45.1 cm³/mol. The van der Waals surface area contributed by atoms with E-state index in [1.807, 2.05) is 20.8 Å². The summed E-state index contributed by atoms with van der Waals surface area (Å²) in [5, 5.41) is 0. The van der Waals surface area contributed by atoms with Crippen molar-refractivity contribution in [2.45, 2.75) is 44.8 Å². The van der Waals surface area contributed by atoms with Crippen LogP contribution in [0.2, 0.25) is 0 Å². The molecular formula is C8H16N2O2. The maximum atomic E-state index is 11.2. The smallest absolute Gasteiger partial charge is 0.263 e. The van der Waals surface area contributed by atoms with E-state index < -0.39 is 5.54 Å². The molecule has 0 unspecified atom stereocenters. The zero-order valence-electron chi connectivity index (χ0n) is 7.81. The van der Waals surface area contributed by atoms with Crippen LogP contribution < -0.4 is 11.2 Å². The SMILES string of the molecule is CC(C)(C)ONC(=O)C1(N)CC1. The molecule has 1 saturated carbocycles. The van der Waals surface area contributed by atoms with Gasteiger partial charge in [-0.25, -0.2) is 5.48 Å². The van der Waals surface area contributed by atoms with Crippen molar-refractivity contribution >= 4 is 5.91 Å². The molecule has 1 rings (SSSR count). The van der Waals surface area contributed by atoms with E-state index >= 15 is 0 Å². The summed E-state index contributed by atoms with van der Waals surface area (Å²) in [7, 11) is 0. The lowest BCUT2D eigenvalue weighted by Crippen LogP contribution is -2.45. The van der Waals surface area contributed by atoms with E-state index in [0.717, 1.165) is 12.8 Å². The van der Waals surface area contributed by atoms with Crippen molar-refractivity contribution in [2.75, 3.05) is 0 Å². The molecule has 0 aromatic heterocycles. The molecule has 70 valence electrons. The molecule has 0 saturated heterocycles. The van der Waals surface area contributed by atoms with E-state index in [1.54, 1.807) is 0 Å². The van der Waals surface area contributed by atoms with E-state index in [4.69, 9.17) is 10.6 Å². The maximum Gasteiger partial charge on any atom is 0.263 e. The second-order valence-electron chi connectivity index (χ2n) is 4.30. The minimum Gasteiger partial charge on any atom is -0.317 e. The maximum absolute atomic E-state index is 11.2. The third-order valence-electron chi connectivity index (χ3n) is 1.69. The fourth-order valence-electron chi connectivity index (χ4n) is 0.663. The van der Waals surface area contributed by atoms with Crippen LogP contribution in [0.4, 0.5) is 0 Å². The molecule has 0 aromatic carbocycles. The van der Waals surface area contributed by atoms with Crippen molar-refractivity contribution in [3.63, 3.8) is 0 Å². The van der Waals surface area contributed by atoms with Gasteiger partial charge in [0.2, 0.25) is 0 Å². The molecule has 0 aliphatic heterocycles. The standard InChI is InChI=1S/C8H16N2O2/c1-7(2,3)12-10-6(11)8(9)4-5-8/h4-5,9H2,1-3H3,(H,10,11). The van der Waals surface area contributed by atoms with Crippen molar-refractivity contribution in [1.29, 1.82) is 0 Å². The van der Waals surface area contributed by atoms with Gasteiger partial charge in [0, 0.05) is 0 Å². The van der Waals surface area contributed by atoms with Crippen LogP contribution in [0.5, 0.6) is 0 Å². The summed E-state index contributed by atoms with van der Waals surface area (Å²) in [5.41, 5.74) is 6.98. The van der Waals surface area contributed by atoms with Gasteiger partial charge in [0.25, 0.3) is 5.91 Å². The lowest BCUT2D eigenvalue weighted by atomic mass is 10.2. The first-order valence-electron chi connectivity index (χ1n) is 4.11. The highest BCUT2D eigenvalue weighted by molar-refractivity contribution is 5.88. The number of hydrogen-bond donors (Lipinski definition) is 2. The van der Waals surface area contributed by atoms with Crippen molar-refractivity contribution in [3.8, 4) is 0 Å². The van der Waals surface area contributed by atoms with E-state index in [-0.39, 0.29) is 11.5 Å². The summed E-state index contributed by atoms with van der Waals surface area (Å²) in [4.78, 5) is 16.3. The van der Waals surface area contributed by atoms with Crippen molar-refractivity contribution in [3.05, 3.63) is 0 Å². The second kappa shape index (κ2) is 2.71. The van der Waals surface area contributed by atoms with Gasteiger partial charge in [-0.05, 0) is 33.6 Å². The normalized spacial score (nSPS) is 20.3. The van der Waals surface area contributed by atoms with Crippen LogP contribution in [0.3, 0.4) is 0 Å². The quantitative estimate of drug-likeness (QED) is 0.590. The molecule has 1 amide bonds. The van der Waals surface area contributed by atoms with Crippen LogP contribution in [-0.4, -0.2) is 17.0 Å². The zero-order chi connectivity index (χ0) is 9.41. The molecule has 0 bridgehead atoms. The molecule has 4 nitrogen and oxygen atoms in total. The Morgan fingerprint density at radius 1 is 1.50 bits per heavy atom. The minimum absolute atomic E-state index is 0.211. The number of carbonyl (C=O) groups is 1. The third-order valence-corrected chi connectivity index (χ3v) is 1.69. The molecular weight excluding hydrogens is 156 g/mol. The van der Waals surface area contributed by atoms with Crippen LogP contribution in [0, 0.1) is 0 Å². The highest BCUT2D eigenvalue weighted by Crippen LogP contribution is 2.32. The number of amides is 1. The zero-order valence-corrected chi connectivity index (χ0v) is 7.81. The largest absolute Gasteiger partial charge is 0.317 e. The van der Waals surface area contributed by atoms with Crippen LogP contribution in [0.1, 0.15) is 33.6 Å². The predicted octanol–water partition coefficient (Wildman–Crippen LogP) is 0.324. The average molecular weight is 172 g/mol. The molecule has 1 fully saturated rings. The molecule has 12 heavy (non-hydrogen) atoms.